The lowest BCUT2D eigenvalue weighted by atomic mass is 9.93. The van der Waals surface area contributed by atoms with E-state index in [2.05, 4.69) is 0 Å². The van der Waals surface area contributed by atoms with Crippen molar-refractivity contribution in [2.45, 2.75) is 32.4 Å². The Balaban J connectivity index is 1.71. The zero-order valence-electron chi connectivity index (χ0n) is 18.3. The fraction of sp³-hybridized carbons (Fsp3) is 0.185. The first-order valence-electron chi connectivity index (χ1n) is 10.8. The summed E-state index contributed by atoms with van der Waals surface area (Å²) in [5.41, 5.74) is 3.19. The number of fused-ring (bicyclic) bond motifs is 1. The van der Waals surface area contributed by atoms with Crippen LogP contribution in [-0.4, -0.2) is 28.0 Å². The summed E-state index contributed by atoms with van der Waals surface area (Å²) < 4.78 is 5.74. The van der Waals surface area contributed by atoms with Crippen LogP contribution < -0.4 is 9.64 Å². The van der Waals surface area contributed by atoms with Gasteiger partial charge in [-0.3, -0.25) is 14.5 Å². The van der Waals surface area contributed by atoms with Crippen molar-refractivity contribution in [3.05, 3.63) is 94.6 Å². The summed E-state index contributed by atoms with van der Waals surface area (Å²) >= 11 is 0. The number of hydrogen-bond acceptors (Lipinski definition) is 5. The number of carbonyl (C=O) groups excluding carboxylic acids is 2. The Hall–Kier alpha value is -4.06. The summed E-state index contributed by atoms with van der Waals surface area (Å²) in [5.74, 6) is -1.22. The number of hydrogen-bond donors (Lipinski definition) is 2. The number of rotatable bonds is 3. The number of aliphatic hydroxyl groups excluding tert-OH is 1. The minimum Gasteiger partial charge on any atom is -0.507 e. The minimum atomic E-state index is -0.887. The van der Waals surface area contributed by atoms with Crippen molar-refractivity contribution >= 4 is 23.1 Å². The number of nitrogens with zero attached hydrogens (tertiary/aromatic N) is 1. The second-order valence-corrected chi connectivity index (χ2v) is 8.53. The van der Waals surface area contributed by atoms with Crippen LogP contribution in [-0.2, 0) is 16.0 Å². The molecule has 0 aromatic heterocycles. The fourth-order valence-electron chi connectivity index (χ4n) is 4.63. The standard InChI is InChI=1S/C27H23NO5/c1-15-6-5-7-17(12-15)24-23(25(30)18-10-11-22-19(14-18)13-16(2)33-22)26(31)27(32)28(24)20-8-3-4-9-21(20)29/h3-12,14,16,24,29-30H,13H2,1-2H3/b25-23-. The molecule has 0 bridgehead atoms. The topological polar surface area (TPSA) is 87.1 Å². The van der Waals surface area contributed by atoms with Gasteiger partial charge in [-0.1, -0.05) is 42.0 Å². The predicted molar refractivity (Wildman–Crippen MR) is 124 cm³/mol. The van der Waals surface area contributed by atoms with Crippen LogP contribution in [0.2, 0.25) is 0 Å². The first kappa shape index (κ1) is 20.8. The first-order valence-corrected chi connectivity index (χ1v) is 10.8. The molecule has 6 nitrogen and oxygen atoms in total. The number of phenolic OH excluding ortho intramolecular Hbond substituents is 1. The van der Waals surface area contributed by atoms with Crippen LogP contribution in [0, 0.1) is 6.92 Å². The van der Waals surface area contributed by atoms with E-state index in [0.717, 1.165) is 16.9 Å². The predicted octanol–water partition coefficient (Wildman–Crippen LogP) is 4.65. The number of amides is 1. The summed E-state index contributed by atoms with van der Waals surface area (Å²) in [6.45, 7) is 3.88. The van der Waals surface area contributed by atoms with E-state index in [1.54, 1.807) is 36.4 Å². The maximum absolute atomic E-state index is 13.3. The van der Waals surface area contributed by atoms with E-state index in [9.17, 15) is 19.8 Å². The van der Waals surface area contributed by atoms with Crippen molar-refractivity contribution < 1.29 is 24.5 Å². The molecule has 3 aromatic rings. The van der Waals surface area contributed by atoms with Crippen molar-refractivity contribution in [3.8, 4) is 11.5 Å². The smallest absolute Gasteiger partial charge is 0.300 e. The third kappa shape index (κ3) is 3.44. The monoisotopic (exact) mass is 441 g/mol. The Morgan fingerprint density at radius 2 is 1.82 bits per heavy atom. The number of ether oxygens (including phenoxy) is 1. The number of anilines is 1. The van der Waals surface area contributed by atoms with Crippen molar-refractivity contribution in [2.75, 3.05) is 4.90 Å². The maximum atomic E-state index is 13.3. The highest BCUT2D eigenvalue weighted by Crippen LogP contribution is 2.45. The van der Waals surface area contributed by atoms with Crippen LogP contribution in [0.15, 0.2) is 72.3 Å². The summed E-state index contributed by atoms with van der Waals surface area (Å²) in [4.78, 5) is 27.7. The molecule has 0 saturated carbocycles. The van der Waals surface area contributed by atoms with Crippen molar-refractivity contribution in [1.82, 2.24) is 0 Å². The second-order valence-electron chi connectivity index (χ2n) is 8.53. The number of aromatic hydroxyl groups is 1. The molecule has 2 N–H and O–H groups in total. The molecule has 0 radical (unpaired) electrons. The molecule has 0 aliphatic carbocycles. The molecule has 2 unspecified atom stereocenters. The van der Waals surface area contributed by atoms with E-state index in [4.69, 9.17) is 4.74 Å². The number of carbonyl (C=O) groups is 2. The molecule has 2 heterocycles. The Labute approximate surface area is 191 Å². The Kier molecular flexibility index (Phi) is 4.93. The quantitative estimate of drug-likeness (QED) is 0.351. The lowest BCUT2D eigenvalue weighted by Crippen LogP contribution is -2.29. The molecule has 5 rings (SSSR count). The van der Waals surface area contributed by atoms with Crippen molar-refractivity contribution in [3.63, 3.8) is 0 Å². The minimum absolute atomic E-state index is 0.0132. The summed E-state index contributed by atoms with van der Waals surface area (Å²) in [6.07, 6.45) is 0.737. The summed E-state index contributed by atoms with van der Waals surface area (Å²) in [7, 11) is 0. The highest BCUT2D eigenvalue weighted by Gasteiger charge is 2.47. The number of para-hydroxylation sites is 2. The Bertz CT molecular complexity index is 1330. The number of aryl methyl sites for hydroxylation is 1. The Morgan fingerprint density at radius 1 is 1.03 bits per heavy atom. The Morgan fingerprint density at radius 3 is 2.58 bits per heavy atom. The van der Waals surface area contributed by atoms with Gasteiger partial charge in [0, 0.05) is 12.0 Å². The SMILES string of the molecule is Cc1cccc(C2/C(=C(/O)c3ccc4c(c3)CC(C)O4)C(=O)C(=O)N2c2ccccc2O)c1. The van der Waals surface area contributed by atoms with E-state index in [-0.39, 0.29) is 28.9 Å². The molecule has 3 aromatic carbocycles. The molecule has 2 atom stereocenters. The van der Waals surface area contributed by atoms with Gasteiger partial charge in [0.05, 0.1) is 17.3 Å². The molecule has 2 aliphatic rings. The highest BCUT2D eigenvalue weighted by molar-refractivity contribution is 6.51. The number of aliphatic hydroxyl groups is 1. The largest absolute Gasteiger partial charge is 0.507 e. The van der Waals surface area contributed by atoms with Crippen LogP contribution >= 0.6 is 0 Å². The van der Waals surface area contributed by atoms with Crippen LogP contribution in [0.25, 0.3) is 5.76 Å². The average Bonchev–Trinajstić information content (AvgIpc) is 3.29. The van der Waals surface area contributed by atoms with Gasteiger partial charge in [0.2, 0.25) is 0 Å². The van der Waals surface area contributed by atoms with Crippen LogP contribution in [0.1, 0.15) is 35.2 Å². The molecule has 0 spiro atoms. The number of Topliss-reactive ketones (excluding diaryl/α,β-unsaturated/α-hetero) is 1. The zero-order valence-corrected chi connectivity index (χ0v) is 18.3. The van der Waals surface area contributed by atoms with E-state index in [1.165, 1.54) is 11.0 Å². The number of phenols is 1. The molecule has 1 amide bonds. The summed E-state index contributed by atoms with van der Waals surface area (Å²) in [5, 5.41) is 21.8. The molecule has 1 fully saturated rings. The van der Waals surface area contributed by atoms with Gasteiger partial charge in [-0.25, -0.2) is 0 Å². The molecular weight excluding hydrogens is 418 g/mol. The number of ketones is 1. The highest BCUT2D eigenvalue weighted by atomic mass is 16.5. The van der Waals surface area contributed by atoms with Gasteiger partial charge >= 0.3 is 0 Å². The van der Waals surface area contributed by atoms with Crippen LogP contribution in [0.3, 0.4) is 0 Å². The average molecular weight is 441 g/mol. The van der Waals surface area contributed by atoms with Crippen molar-refractivity contribution in [2.24, 2.45) is 0 Å². The van der Waals surface area contributed by atoms with Gasteiger partial charge in [-0.05, 0) is 55.3 Å². The van der Waals surface area contributed by atoms with Gasteiger partial charge in [0.1, 0.15) is 23.4 Å². The van der Waals surface area contributed by atoms with E-state index in [0.29, 0.717) is 17.5 Å². The third-order valence-electron chi connectivity index (χ3n) is 6.11. The molecule has 33 heavy (non-hydrogen) atoms. The van der Waals surface area contributed by atoms with Crippen molar-refractivity contribution in [1.29, 1.82) is 0 Å². The normalized spacial score (nSPS) is 21.2. The number of benzene rings is 3. The lowest BCUT2D eigenvalue weighted by Gasteiger charge is -2.26. The van der Waals surface area contributed by atoms with E-state index < -0.39 is 17.7 Å². The van der Waals surface area contributed by atoms with Gasteiger partial charge in [-0.2, -0.15) is 0 Å². The summed E-state index contributed by atoms with van der Waals surface area (Å²) in [6, 6.07) is 18.2. The molecule has 1 saturated heterocycles. The second kappa shape index (κ2) is 7.81. The van der Waals surface area contributed by atoms with Gasteiger partial charge in [-0.15, -0.1) is 0 Å². The van der Waals surface area contributed by atoms with Gasteiger partial charge in [0.25, 0.3) is 11.7 Å². The fourth-order valence-corrected chi connectivity index (χ4v) is 4.63. The molecular formula is C27H23NO5. The van der Waals surface area contributed by atoms with Gasteiger partial charge in [0.15, 0.2) is 0 Å². The zero-order chi connectivity index (χ0) is 23.3. The molecule has 6 heteroatoms. The van der Waals surface area contributed by atoms with E-state index in [1.807, 2.05) is 38.1 Å². The third-order valence-corrected chi connectivity index (χ3v) is 6.11. The first-order chi connectivity index (χ1) is 15.8. The van der Waals surface area contributed by atoms with Crippen LogP contribution in [0.4, 0.5) is 5.69 Å². The maximum Gasteiger partial charge on any atom is 0.300 e. The van der Waals surface area contributed by atoms with Crippen LogP contribution in [0.5, 0.6) is 11.5 Å². The molecule has 166 valence electrons. The van der Waals surface area contributed by atoms with Gasteiger partial charge < -0.3 is 14.9 Å². The van der Waals surface area contributed by atoms with E-state index >= 15 is 0 Å². The lowest BCUT2D eigenvalue weighted by molar-refractivity contribution is -0.132. The molecule has 2 aliphatic heterocycles.